The highest BCUT2D eigenvalue weighted by Crippen LogP contribution is 2.26. The van der Waals surface area contributed by atoms with Crippen LogP contribution >= 0.6 is 0 Å². The number of hydrogen-bond acceptors (Lipinski definition) is 7. The fourth-order valence-electron chi connectivity index (χ4n) is 4.27. The summed E-state index contributed by atoms with van der Waals surface area (Å²) >= 11 is 0. The molecule has 1 atom stereocenters. The molecule has 1 N–H and O–H groups in total. The Balaban J connectivity index is 1.59. The standard InChI is InChI=1S/C24H30N6O4/c1-4-20(24(32)25-17-8-5-6-9-17)30(18-10-7-11-19(14-18)33-3)22(31)15-29-27-23(26-28-29)21-13-12-16(2)34-21/h7,10-14,17,20H,4-6,8-9,15H2,1-3H3,(H,25,32)/t20-/m0/s1. The normalized spacial score (nSPS) is 14.7. The van der Waals surface area contributed by atoms with Crippen LogP contribution in [0, 0.1) is 6.92 Å². The first-order chi connectivity index (χ1) is 16.5. The van der Waals surface area contributed by atoms with Crippen LogP contribution in [-0.2, 0) is 16.1 Å². The summed E-state index contributed by atoms with van der Waals surface area (Å²) < 4.78 is 10.9. The largest absolute Gasteiger partial charge is 0.497 e. The Hall–Kier alpha value is -3.69. The number of carbonyl (C=O) groups is 2. The molecule has 1 aromatic carbocycles. The van der Waals surface area contributed by atoms with Crippen molar-refractivity contribution < 1.29 is 18.7 Å². The van der Waals surface area contributed by atoms with Gasteiger partial charge in [-0.2, -0.15) is 4.80 Å². The Bertz CT molecular complexity index is 1130. The molecule has 34 heavy (non-hydrogen) atoms. The van der Waals surface area contributed by atoms with Gasteiger partial charge in [0.25, 0.3) is 5.91 Å². The van der Waals surface area contributed by atoms with Crippen molar-refractivity contribution in [2.45, 2.75) is 64.6 Å². The Morgan fingerprint density at radius 1 is 1.26 bits per heavy atom. The number of methoxy groups -OCH3 is 1. The maximum Gasteiger partial charge on any atom is 0.251 e. The van der Waals surface area contributed by atoms with Gasteiger partial charge in [-0.25, -0.2) is 0 Å². The molecule has 1 saturated carbocycles. The monoisotopic (exact) mass is 466 g/mol. The van der Waals surface area contributed by atoms with Crippen LogP contribution in [0.2, 0.25) is 0 Å². The zero-order valence-corrected chi connectivity index (χ0v) is 19.7. The van der Waals surface area contributed by atoms with Gasteiger partial charge in [0.15, 0.2) is 5.76 Å². The Morgan fingerprint density at radius 2 is 2.06 bits per heavy atom. The van der Waals surface area contributed by atoms with E-state index in [1.54, 1.807) is 43.5 Å². The van der Waals surface area contributed by atoms with Gasteiger partial charge in [-0.15, -0.1) is 10.2 Å². The van der Waals surface area contributed by atoms with E-state index in [0.717, 1.165) is 31.4 Å². The fourth-order valence-corrected chi connectivity index (χ4v) is 4.27. The average molecular weight is 467 g/mol. The second-order valence-electron chi connectivity index (χ2n) is 8.43. The minimum absolute atomic E-state index is 0.153. The van der Waals surface area contributed by atoms with Crippen LogP contribution in [-0.4, -0.2) is 51.2 Å². The topological polar surface area (TPSA) is 115 Å². The highest BCUT2D eigenvalue weighted by atomic mass is 16.5. The smallest absolute Gasteiger partial charge is 0.251 e. The molecule has 1 aliphatic rings. The number of hydrogen-bond donors (Lipinski definition) is 1. The third-order valence-corrected chi connectivity index (χ3v) is 5.99. The molecule has 10 heteroatoms. The molecule has 1 aliphatic carbocycles. The van der Waals surface area contributed by atoms with E-state index in [2.05, 4.69) is 20.7 Å². The Morgan fingerprint density at radius 3 is 2.74 bits per heavy atom. The van der Waals surface area contributed by atoms with Crippen LogP contribution in [0.1, 0.15) is 44.8 Å². The van der Waals surface area contributed by atoms with Crippen molar-refractivity contribution in [2.75, 3.05) is 12.0 Å². The van der Waals surface area contributed by atoms with Crippen molar-refractivity contribution in [3.05, 3.63) is 42.2 Å². The van der Waals surface area contributed by atoms with E-state index in [1.165, 1.54) is 9.70 Å². The number of tetrazole rings is 1. The van der Waals surface area contributed by atoms with E-state index in [4.69, 9.17) is 9.15 Å². The van der Waals surface area contributed by atoms with Crippen LogP contribution in [0.4, 0.5) is 5.69 Å². The number of rotatable bonds is 9. The summed E-state index contributed by atoms with van der Waals surface area (Å²) in [4.78, 5) is 29.5. The van der Waals surface area contributed by atoms with Crippen molar-refractivity contribution in [3.8, 4) is 17.3 Å². The average Bonchev–Trinajstić information content (AvgIpc) is 3.60. The lowest BCUT2D eigenvalue weighted by atomic mass is 10.1. The van der Waals surface area contributed by atoms with Gasteiger partial charge < -0.3 is 14.5 Å². The number of furan rings is 1. The Kier molecular flexibility index (Phi) is 7.24. The lowest BCUT2D eigenvalue weighted by Crippen LogP contribution is -2.52. The van der Waals surface area contributed by atoms with Gasteiger partial charge in [-0.1, -0.05) is 25.8 Å². The molecule has 3 aromatic rings. The van der Waals surface area contributed by atoms with E-state index in [1.807, 2.05) is 13.8 Å². The summed E-state index contributed by atoms with van der Waals surface area (Å²) in [5.74, 6) is 1.59. The van der Waals surface area contributed by atoms with Gasteiger partial charge in [0.1, 0.15) is 24.1 Å². The number of aryl methyl sites for hydroxylation is 1. The Labute approximate surface area is 198 Å². The maximum absolute atomic E-state index is 13.6. The summed E-state index contributed by atoms with van der Waals surface area (Å²) in [6.07, 6.45) is 4.59. The molecule has 10 nitrogen and oxygen atoms in total. The summed E-state index contributed by atoms with van der Waals surface area (Å²) in [6, 6.07) is 10.1. The summed E-state index contributed by atoms with van der Waals surface area (Å²) in [7, 11) is 1.56. The molecule has 4 rings (SSSR count). The number of amides is 2. The van der Waals surface area contributed by atoms with Gasteiger partial charge in [0.05, 0.1) is 7.11 Å². The maximum atomic E-state index is 13.6. The van der Waals surface area contributed by atoms with Crippen molar-refractivity contribution in [1.82, 2.24) is 25.5 Å². The fraction of sp³-hybridized carbons (Fsp3) is 0.458. The van der Waals surface area contributed by atoms with Crippen LogP contribution in [0.5, 0.6) is 5.75 Å². The van der Waals surface area contributed by atoms with Crippen LogP contribution in [0.3, 0.4) is 0 Å². The molecular weight excluding hydrogens is 436 g/mol. The molecule has 180 valence electrons. The number of nitrogens with zero attached hydrogens (tertiary/aromatic N) is 5. The lowest BCUT2D eigenvalue weighted by molar-refractivity contribution is -0.127. The van der Waals surface area contributed by atoms with Crippen LogP contribution in [0.15, 0.2) is 40.8 Å². The zero-order chi connectivity index (χ0) is 24.1. The summed E-state index contributed by atoms with van der Waals surface area (Å²) in [6.45, 7) is 3.53. The number of carbonyl (C=O) groups excluding carboxylic acids is 2. The first-order valence-corrected chi connectivity index (χ1v) is 11.6. The molecule has 0 radical (unpaired) electrons. The van der Waals surface area contributed by atoms with Crippen molar-refractivity contribution in [1.29, 1.82) is 0 Å². The lowest BCUT2D eigenvalue weighted by Gasteiger charge is -2.31. The van der Waals surface area contributed by atoms with Crippen LogP contribution < -0.4 is 15.0 Å². The van der Waals surface area contributed by atoms with E-state index in [9.17, 15) is 9.59 Å². The number of benzene rings is 1. The molecule has 2 amide bonds. The van der Waals surface area contributed by atoms with Gasteiger partial charge in [0.2, 0.25) is 11.7 Å². The van der Waals surface area contributed by atoms with Crippen molar-refractivity contribution >= 4 is 17.5 Å². The molecule has 1 fully saturated rings. The number of aromatic nitrogens is 4. The summed E-state index contributed by atoms with van der Waals surface area (Å²) in [5.41, 5.74) is 0.569. The van der Waals surface area contributed by atoms with E-state index in [0.29, 0.717) is 29.4 Å². The second kappa shape index (κ2) is 10.5. The second-order valence-corrected chi connectivity index (χ2v) is 8.43. The molecular formula is C24H30N6O4. The zero-order valence-electron chi connectivity index (χ0n) is 19.7. The van der Waals surface area contributed by atoms with Gasteiger partial charge in [-0.05, 0) is 55.7 Å². The van der Waals surface area contributed by atoms with E-state index < -0.39 is 6.04 Å². The number of nitrogens with one attached hydrogen (secondary N) is 1. The van der Waals surface area contributed by atoms with Gasteiger partial charge in [0, 0.05) is 17.8 Å². The van der Waals surface area contributed by atoms with Gasteiger partial charge >= 0.3 is 0 Å². The molecule has 0 spiro atoms. The predicted octanol–water partition coefficient (Wildman–Crippen LogP) is 3.12. The predicted molar refractivity (Wildman–Crippen MR) is 125 cm³/mol. The first kappa shape index (κ1) is 23.5. The first-order valence-electron chi connectivity index (χ1n) is 11.6. The molecule has 0 unspecified atom stereocenters. The quantitative estimate of drug-likeness (QED) is 0.515. The molecule has 2 heterocycles. The van der Waals surface area contributed by atoms with Gasteiger partial charge in [-0.3, -0.25) is 14.5 Å². The van der Waals surface area contributed by atoms with Crippen molar-refractivity contribution in [3.63, 3.8) is 0 Å². The SMILES string of the molecule is CC[C@@H](C(=O)NC1CCCC1)N(C(=O)Cn1nnc(-c2ccc(C)o2)n1)c1cccc(OC)c1. The van der Waals surface area contributed by atoms with E-state index >= 15 is 0 Å². The third-order valence-electron chi connectivity index (χ3n) is 5.99. The van der Waals surface area contributed by atoms with Crippen molar-refractivity contribution in [2.24, 2.45) is 0 Å². The number of ether oxygens (including phenoxy) is 1. The van der Waals surface area contributed by atoms with Crippen LogP contribution in [0.25, 0.3) is 11.6 Å². The summed E-state index contributed by atoms with van der Waals surface area (Å²) in [5, 5.41) is 15.4. The molecule has 2 aromatic heterocycles. The van der Waals surface area contributed by atoms with E-state index in [-0.39, 0.29) is 24.4 Å². The highest BCUT2D eigenvalue weighted by Gasteiger charge is 2.32. The minimum atomic E-state index is -0.684. The molecule has 0 aliphatic heterocycles. The third kappa shape index (κ3) is 5.27. The molecule has 0 saturated heterocycles. The minimum Gasteiger partial charge on any atom is -0.497 e. The number of anilines is 1. The molecule has 0 bridgehead atoms. The highest BCUT2D eigenvalue weighted by molar-refractivity contribution is 6.00.